The molecule has 20 heavy (non-hydrogen) atoms. The zero-order valence-electron chi connectivity index (χ0n) is 10.4. The zero-order valence-corrected chi connectivity index (χ0v) is 13.6. The van der Waals surface area contributed by atoms with E-state index in [1.165, 1.54) is 6.07 Å². The second kappa shape index (κ2) is 4.92. The molecule has 0 amide bonds. The highest BCUT2D eigenvalue weighted by molar-refractivity contribution is 9.10. The summed E-state index contributed by atoms with van der Waals surface area (Å²) in [4.78, 5) is 2.98. The smallest absolute Gasteiger partial charge is 0.178 e. The number of fused-ring (bicyclic) bond motifs is 1. The van der Waals surface area contributed by atoms with Crippen LogP contribution in [0.3, 0.4) is 0 Å². The number of hydrogen-bond donors (Lipinski definition) is 1. The van der Waals surface area contributed by atoms with Crippen molar-refractivity contribution in [1.29, 1.82) is 0 Å². The Labute approximate surface area is 129 Å². The van der Waals surface area contributed by atoms with Crippen molar-refractivity contribution in [2.75, 3.05) is 5.75 Å². The number of sulfone groups is 1. The fraction of sp³-hybridized carbons (Fsp3) is 0.417. The van der Waals surface area contributed by atoms with Gasteiger partial charge in [0.1, 0.15) is 5.82 Å². The van der Waals surface area contributed by atoms with Crippen LogP contribution in [0.2, 0.25) is 0 Å². The minimum Gasteiger partial charge on any atom is -0.331 e. The second-order valence-corrected chi connectivity index (χ2v) is 8.60. The molecule has 1 unspecified atom stereocenters. The molecule has 0 spiro atoms. The summed E-state index contributed by atoms with van der Waals surface area (Å²) in [6.45, 7) is 0.280. The van der Waals surface area contributed by atoms with Gasteiger partial charge in [-0.1, -0.05) is 0 Å². The molecule has 0 saturated carbocycles. The lowest BCUT2D eigenvalue weighted by Gasteiger charge is -2.11. The lowest BCUT2D eigenvalue weighted by Crippen LogP contribution is -2.22. The number of hydrogen-bond acceptors (Lipinski definition) is 3. The number of halogens is 2. The molecule has 1 atom stereocenters. The standard InChI is InChI=1S/C12H12BrFN2O2S2/c13-8-4-10-11(5-9(8)14)16(12(19)15-10)6-7-2-1-3-20(7,17)18/h4-5,7H,1-3,6H2,(H,15,19). The molecule has 4 nitrogen and oxygen atoms in total. The Morgan fingerprint density at radius 1 is 1.50 bits per heavy atom. The summed E-state index contributed by atoms with van der Waals surface area (Å²) in [5.41, 5.74) is 1.29. The van der Waals surface area contributed by atoms with Gasteiger partial charge in [-0.25, -0.2) is 12.8 Å². The SMILES string of the molecule is O=S1(=O)CCCC1Cn1c(=S)[nH]c2cc(Br)c(F)cc21. The van der Waals surface area contributed by atoms with Crippen LogP contribution in [-0.4, -0.2) is 29.0 Å². The first kappa shape index (κ1) is 14.2. The van der Waals surface area contributed by atoms with Gasteiger partial charge in [-0.15, -0.1) is 0 Å². The molecule has 1 aromatic carbocycles. The molecule has 8 heteroatoms. The predicted octanol–water partition coefficient (Wildman–Crippen LogP) is 3.18. The predicted molar refractivity (Wildman–Crippen MR) is 81.6 cm³/mol. The fourth-order valence-corrected chi connectivity index (χ4v) is 5.03. The average Bonchev–Trinajstić information content (AvgIpc) is 2.83. The molecule has 1 N–H and O–H groups in total. The van der Waals surface area contributed by atoms with E-state index in [9.17, 15) is 12.8 Å². The summed E-state index contributed by atoms with van der Waals surface area (Å²) >= 11 is 8.35. The van der Waals surface area contributed by atoms with Crippen LogP contribution in [0.5, 0.6) is 0 Å². The van der Waals surface area contributed by atoms with Crippen LogP contribution in [0.4, 0.5) is 4.39 Å². The lowest BCUT2D eigenvalue weighted by atomic mass is 10.2. The number of nitrogens with one attached hydrogen (secondary N) is 1. The molecule has 3 rings (SSSR count). The van der Waals surface area contributed by atoms with E-state index in [1.54, 1.807) is 10.6 Å². The van der Waals surface area contributed by atoms with Crippen molar-refractivity contribution >= 4 is 49.0 Å². The Morgan fingerprint density at radius 2 is 2.25 bits per heavy atom. The van der Waals surface area contributed by atoms with E-state index in [4.69, 9.17) is 12.2 Å². The highest BCUT2D eigenvalue weighted by Crippen LogP contribution is 2.26. The third-order valence-corrected chi connectivity index (χ3v) is 6.85. The number of nitrogens with zero attached hydrogens (tertiary/aromatic N) is 1. The van der Waals surface area contributed by atoms with E-state index in [1.807, 2.05) is 0 Å². The molecule has 108 valence electrons. The summed E-state index contributed by atoms with van der Waals surface area (Å²) in [6, 6.07) is 2.98. The van der Waals surface area contributed by atoms with Crippen molar-refractivity contribution in [3.05, 3.63) is 27.2 Å². The van der Waals surface area contributed by atoms with Gasteiger partial charge in [0.25, 0.3) is 0 Å². The Balaban J connectivity index is 2.10. The van der Waals surface area contributed by atoms with Gasteiger partial charge in [-0.05, 0) is 47.1 Å². The van der Waals surface area contributed by atoms with Crippen molar-refractivity contribution in [2.45, 2.75) is 24.6 Å². The fourth-order valence-electron chi connectivity index (χ4n) is 2.60. The Bertz CT molecular complexity index is 841. The number of rotatable bonds is 2. The molecule has 0 bridgehead atoms. The third-order valence-electron chi connectivity index (χ3n) is 3.67. The van der Waals surface area contributed by atoms with E-state index in [-0.39, 0.29) is 12.3 Å². The van der Waals surface area contributed by atoms with Crippen LogP contribution in [0.1, 0.15) is 12.8 Å². The molecule has 1 saturated heterocycles. The van der Waals surface area contributed by atoms with Gasteiger partial charge >= 0.3 is 0 Å². The molecule has 1 aliphatic heterocycles. The maximum Gasteiger partial charge on any atom is 0.178 e. The second-order valence-electron chi connectivity index (χ2n) is 4.96. The van der Waals surface area contributed by atoms with Gasteiger partial charge in [-0.3, -0.25) is 0 Å². The van der Waals surface area contributed by atoms with Crippen molar-refractivity contribution in [3.8, 4) is 0 Å². The number of imidazole rings is 1. The summed E-state index contributed by atoms with van der Waals surface area (Å²) < 4.78 is 40.0. The molecule has 1 aliphatic rings. The quantitative estimate of drug-likeness (QED) is 0.816. The van der Waals surface area contributed by atoms with Gasteiger partial charge in [0.15, 0.2) is 14.6 Å². The molecule has 1 fully saturated rings. The maximum atomic E-state index is 13.7. The van der Waals surface area contributed by atoms with Crippen LogP contribution >= 0.6 is 28.1 Å². The minimum absolute atomic E-state index is 0.229. The Hall–Kier alpha value is -0.730. The normalized spacial score (nSPS) is 21.6. The number of aromatic nitrogens is 2. The van der Waals surface area contributed by atoms with Crippen molar-refractivity contribution in [1.82, 2.24) is 9.55 Å². The highest BCUT2D eigenvalue weighted by Gasteiger charge is 2.32. The number of benzene rings is 1. The molecule has 0 radical (unpaired) electrons. The molecule has 1 aromatic heterocycles. The van der Waals surface area contributed by atoms with Crippen molar-refractivity contribution < 1.29 is 12.8 Å². The summed E-state index contributed by atoms with van der Waals surface area (Å²) in [7, 11) is -3.05. The number of aromatic amines is 1. The summed E-state index contributed by atoms with van der Waals surface area (Å²) in [5.74, 6) is -0.165. The van der Waals surface area contributed by atoms with Gasteiger partial charge < -0.3 is 9.55 Å². The Kier molecular flexibility index (Phi) is 3.50. The monoisotopic (exact) mass is 378 g/mol. The first-order chi connectivity index (χ1) is 9.38. The van der Waals surface area contributed by atoms with E-state index in [0.717, 1.165) is 0 Å². The van der Waals surface area contributed by atoms with Gasteiger partial charge in [-0.2, -0.15) is 0 Å². The Morgan fingerprint density at radius 3 is 2.90 bits per heavy atom. The van der Waals surface area contributed by atoms with Crippen molar-refractivity contribution in [2.24, 2.45) is 0 Å². The first-order valence-electron chi connectivity index (χ1n) is 6.17. The van der Waals surface area contributed by atoms with Crippen LogP contribution in [0.25, 0.3) is 11.0 Å². The van der Waals surface area contributed by atoms with Gasteiger partial charge in [0.05, 0.1) is 26.5 Å². The van der Waals surface area contributed by atoms with Crippen LogP contribution in [0, 0.1) is 10.6 Å². The van der Waals surface area contributed by atoms with Gasteiger partial charge in [0.2, 0.25) is 0 Å². The average molecular weight is 379 g/mol. The van der Waals surface area contributed by atoms with Crippen molar-refractivity contribution in [3.63, 3.8) is 0 Å². The van der Waals surface area contributed by atoms with E-state index < -0.39 is 20.9 Å². The zero-order chi connectivity index (χ0) is 14.5. The van der Waals surface area contributed by atoms with E-state index in [0.29, 0.717) is 33.1 Å². The molecule has 0 aliphatic carbocycles. The van der Waals surface area contributed by atoms with Crippen LogP contribution < -0.4 is 0 Å². The molecular formula is C12H12BrFN2O2S2. The highest BCUT2D eigenvalue weighted by atomic mass is 79.9. The maximum absolute atomic E-state index is 13.7. The van der Waals surface area contributed by atoms with Gasteiger partial charge in [0, 0.05) is 12.6 Å². The number of H-pyrrole nitrogens is 1. The van der Waals surface area contributed by atoms with E-state index >= 15 is 0 Å². The van der Waals surface area contributed by atoms with Crippen LogP contribution in [0.15, 0.2) is 16.6 Å². The molecule has 2 aromatic rings. The third kappa shape index (κ3) is 2.33. The largest absolute Gasteiger partial charge is 0.331 e. The summed E-state index contributed by atoms with van der Waals surface area (Å²) in [6.07, 6.45) is 1.32. The molecule has 2 heterocycles. The van der Waals surface area contributed by atoms with E-state index in [2.05, 4.69) is 20.9 Å². The molecular weight excluding hydrogens is 367 g/mol. The first-order valence-corrected chi connectivity index (χ1v) is 9.09. The topological polar surface area (TPSA) is 54.9 Å². The summed E-state index contributed by atoms with van der Waals surface area (Å²) in [5, 5.41) is -0.431. The lowest BCUT2D eigenvalue weighted by molar-refractivity contribution is 0.567. The minimum atomic E-state index is -3.05. The van der Waals surface area contributed by atoms with Crippen LogP contribution in [-0.2, 0) is 16.4 Å².